The molecule has 0 unspecified atom stereocenters. The van der Waals surface area contributed by atoms with Crippen molar-refractivity contribution in [3.05, 3.63) is 35.4 Å². The third-order valence-corrected chi connectivity index (χ3v) is 4.28. The topological polar surface area (TPSA) is 86.6 Å². The van der Waals surface area contributed by atoms with Gasteiger partial charge >= 0.3 is 0 Å². The van der Waals surface area contributed by atoms with Gasteiger partial charge in [0.05, 0.1) is 0 Å². The average Bonchev–Trinajstić information content (AvgIpc) is 2.81. The van der Waals surface area contributed by atoms with Crippen molar-refractivity contribution < 1.29 is 8.42 Å². The zero-order valence-electron chi connectivity index (χ0n) is 12.4. The van der Waals surface area contributed by atoms with Gasteiger partial charge in [-0.15, -0.1) is 0 Å². The van der Waals surface area contributed by atoms with Gasteiger partial charge in [-0.25, -0.2) is 8.42 Å². The van der Waals surface area contributed by atoms with E-state index < -0.39 is 9.84 Å². The molecule has 0 bridgehead atoms. The smallest absolute Gasteiger partial charge is 0.193 e. The van der Waals surface area contributed by atoms with Crippen molar-refractivity contribution in [1.82, 2.24) is 10.2 Å². The SMILES string of the molecule is CC(C)(C)c1ccc(-c2n[nH]c(S(C)(=O)=O)c2C#N)cc1. The molecule has 0 aliphatic heterocycles. The molecule has 0 spiro atoms. The van der Waals surface area contributed by atoms with Crippen molar-refractivity contribution in [2.24, 2.45) is 0 Å². The molecular weight excluding hydrogens is 286 g/mol. The second-order valence-corrected chi connectivity index (χ2v) is 7.94. The molecule has 2 rings (SSSR count). The van der Waals surface area contributed by atoms with Crippen LogP contribution in [0, 0.1) is 11.3 Å². The lowest BCUT2D eigenvalue weighted by atomic mass is 9.86. The Kier molecular flexibility index (Phi) is 3.64. The third-order valence-electron chi connectivity index (χ3n) is 3.24. The van der Waals surface area contributed by atoms with Crippen LogP contribution in [0.4, 0.5) is 0 Å². The molecule has 110 valence electrons. The first-order chi connectivity index (χ1) is 9.64. The Morgan fingerprint density at radius 2 is 1.76 bits per heavy atom. The lowest BCUT2D eigenvalue weighted by Crippen LogP contribution is -2.10. The maximum atomic E-state index is 11.6. The minimum Gasteiger partial charge on any atom is -0.266 e. The van der Waals surface area contributed by atoms with Crippen LogP contribution >= 0.6 is 0 Å². The fourth-order valence-electron chi connectivity index (χ4n) is 2.04. The Bertz CT molecular complexity index is 804. The third kappa shape index (κ3) is 2.98. The van der Waals surface area contributed by atoms with Crippen LogP contribution in [-0.4, -0.2) is 24.9 Å². The highest BCUT2D eigenvalue weighted by atomic mass is 32.2. The molecule has 6 heteroatoms. The summed E-state index contributed by atoms with van der Waals surface area (Å²) in [5.74, 6) is 0. The van der Waals surface area contributed by atoms with Gasteiger partial charge in [-0.3, -0.25) is 5.10 Å². The Hall–Kier alpha value is -2.13. The van der Waals surface area contributed by atoms with Gasteiger partial charge in [0.15, 0.2) is 14.9 Å². The predicted molar refractivity (Wildman–Crippen MR) is 80.5 cm³/mol. The van der Waals surface area contributed by atoms with Crippen LogP contribution in [0.1, 0.15) is 31.9 Å². The summed E-state index contributed by atoms with van der Waals surface area (Å²) < 4.78 is 23.2. The molecule has 0 saturated heterocycles. The number of nitrogens with zero attached hydrogens (tertiary/aromatic N) is 2. The zero-order valence-corrected chi connectivity index (χ0v) is 13.2. The zero-order chi connectivity index (χ0) is 15.8. The molecule has 0 aliphatic carbocycles. The van der Waals surface area contributed by atoms with Gasteiger partial charge < -0.3 is 0 Å². The average molecular weight is 303 g/mol. The summed E-state index contributed by atoms with van der Waals surface area (Å²) >= 11 is 0. The summed E-state index contributed by atoms with van der Waals surface area (Å²) in [6, 6.07) is 9.55. The van der Waals surface area contributed by atoms with Crippen LogP contribution in [0.25, 0.3) is 11.3 Å². The van der Waals surface area contributed by atoms with Gasteiger partial charge in [-0.05, 0) is 11.0 Å². The highest BCUT2D eigenvalue weighted by Crippen LogP contribution is 2.28. The molecular formula is C15H17N3O2S. The van der Waals surface area contributed by atoms with Gasteiger partial charge in [0.25, 0.3) is 0 Å². The monoisotopic (exact) mass is 303 g/mol. The molecule has 1 aromatic carbocycles. The van der Waals surface area contributed by atoms with E-state index in [4.69, 9.17) is 0 Å². The number of nitrogens with one attached hydrogen (secondary N) is 1. The van der Waals surface area contributed by atoms with Gasteiger partial charge in [-0.1, -0.05) is 45.0 Å². The van der Waals surface area contributed by atoms with Crippen LogP contribution in [0.15, 0.2) is 29.3 Å². The molecule has 5 nitrogen and oxygen atoms in total. The molecule has 1 heterocycles. The molecule has 1 N–H and O–H groups in total. The molecule has 1 aromatic heterocycles. The molecule has 0 saturated carbocycles. The van der Waals surface area contributed by atoms with Gasteiger partial charge in [-0.2, -0.15) is 10.4 Å². The predicted octanol–water partition coefficient (Wildman–Crippen LogP) is 2.65. The van der Waals surface area contributed by atoms with E-state index in [0.29, 0.717) is 11.3 Å². The molecule has 0 radical (unpaired) electrons. The molecule has 0 amide bonds. The molecule has 0 atom stereocenters. The summed E-state index contributed by atoms with van der Waals surface area (Å²) in [6.45, 7) is 6.33. The number of sulfone groups is 1. The normalized spacial score (nSPS) is 12.1. The maximum absolute atomic E-state index is 11.6. The number of benzene rings is 1. The Morgan fingerprint density at radius 3 is 2.19 bits per heavy atom. The lowest BCUT2D eigenvalue weighted by molar-refractivity contribution is 0.590. The number of rotatable bonds is 2. The largest absolute Gasteiger partial charge is 0.266 e. The van der Waals surface area contributed by atoms with Crippen LogP contribution in [0.3, 0.4) is 0 Å². The highest BCUT2D eigenvalue weighted by Gasteiger charge is 2.22. The van der Waals surface area contributed by atoms with Crippen molar-refractivity contribution in [2.45, 2.75) is 31.2 Å². The van der Waals surface area contributed by atoms with E-state index in [-0.39, 0.29) is 16.0 Å². The van der Waals surface area contributed by atoms with Gasteiger partial charge in [0.2, 0.25) is 0 Å². The fraction of sp³-hybridized carbons (Fsp3) is 0.333. The minimum atomic E-state index is -3.50. The van der Waals surface area contributed by atoms with Crippen molar-refractivity contribution in [1.29, 1.82) is 5.26 Å². The van der Waals surface area contributed by atoms with Crippen molar-refractivity contribution in [3.8, 4) is 17.3 Å². The van der Waals surface area contributed by atoms with Crippen molar-refractivity contribution >= 4 is 9.84 Å². The van der Waals surface area contributed by atoms with Crippen LogP contribution in [0.2, 0.25) is 0 Å². The molecule has 0 aliphatic rings. The Balaban J connectivity index is 2.54. The number of aromatic nitrogens is 2. The van der Waals surface area contributed by atoms with E-state index in [9.17, 15) is 13.7 Å². The molecule has 2 aromatic rings. The number of hydrogen-bond donors (Lipinski definition) is 1. The quantitative estimate of drug-likeness (QED) is 0.924. The van der Waals surface area contributed by atoms with Crippen molar-refractivity contribution in [3.63, 3.8) is 0 Å². The fourth-order valence-corrected chi connectivity index (χ4v) is 2.76. The van der Waals surface area contributed by atoms with E-state index >= 15 is 0 Å². The van der Waals surface area contributed by atoms with Crippen molar-refractivity contribution in [2.75, 3.05) is 6.26 Å². The minimum absolute atomic E-state index is 0.0279. The standard InChI is InChI=1S/C15H17N3O2S/c1-15(2,3)11-7-5-10(6-8-11)13-12(9-16)14(18-17-13)21(4,19)20/h5-8H,1-4H3,(H,17,18). The first kappa shape index (κ1) is 15.3. The van der Waals surface area contributed by atoms with E-state index in [1.165, 1.54) is 0 Å². The maximum Gasteiger partial charge on any atom is 0.193 e. The number of nitriles is 1. The van der Waals surface area contributed by atoms with Crippen LogP contribution in [0.5, 0.6) is 0 Å². The van der Waals surface area contributed by atoms with Gasteiger partial charge in [0.1, 0.15) is 17.3 Å². The van der Waals surface area contributed by atoms with E-state index in [1.807, 2.05) is 30.3 Å². The summed E-state index contributed by atoms with van der Waals surface area (Å²) in [4.78, 5) is 0. The second-order valence-electron chi connectivity index (χ2n) is 5.99. The molecule has 0 fully saturated rings. The molecule has 21 heavy (non-hydrogen) atoms. The second kappa shape index (κ2) is 5.01. The summed E-state index contributed by atoms with van der Waals surface area (Å²) in [7, 11) is -3.50. The summed E-state index contributed by atoms with van der Waals surface area (Å²) in [5, 5.41) is 15.5. The summed E-state index contributed by atoms with van der Waals surface area (Å²) in [6.07, 6.45) is 1.05. The van der Waals surface area contributed by atoms with Crippen LogP contribution in [-0.2, 0) is 15.3 Å². The highest BCUT2D eigenvalue weighted by molar-refractivity contribution is 7.90. The Morgan fingerprint density at radius 1 is 1.19 bits per heavy atom. The number of H-pyrrole nitrogens is 1. The van der Waals surface area contributed by atoms with Gasteiger partial charge in [0, 0.05) is 11.8 Å². The first-order valence-electron chi connectivity index (χ1n) is 6.44. The lowest BCUT2D eigenvalue weighted by Gasteiger charge is -2.18. The summed E-state index contributed by atoms with van der Waals surface area (Å²) in [5.41, 5.74) is 2.31. The van der Waals surface area contributed by atoms with E-state index in [0.717, 1.165) is 11.8 Å². The Labute approximate surface area is 124 Å². The van der Waals surface area contributed by atoms with E-state index in [1.54, 1.807) is 0 Å². The van der Waals surface area contributed by atoms with E-state index in [2.05, 4.69) is 31.0 Å². The number of hydrogen-bond acceptors (Lipinski definition) is 4. The van der Waals surface area contributed by atoms with Crippen LogP contribution < -0.4 is 0 Å². The first-order valence-corrected chi connectivity index (χ1v) is 8.33. The number of aromatic amines is 1.